The molecule has 0 radical (unpaired) electrons. The Morgan fingerprint density at radius 3 is 2.58 bits per heavy atom. The molecule has 0 amide bonds. The third-order valence-corrected chi connectivity index (χ3v) is 6.43. The standard InChI is InChI=1S/C23H29F2N7O/c1-30-8-6-16(7-9-30)15-26-19-14-20(31-10-12-33-13-11-31)29-23(28-19)32-18-5-3-2-4-17(18)27-22(32)21(24)25/h2-5,14,16,21H,6-13,15H2,1H3,(H,26,28,29). The van der Waals surface area contributed by atoms with Gasteiger partial charge in [-0.1, -0.05) is 12.1 Å². The number of aromatic nitrogens is 4. The molecule has 8 nitrogen and oxygen atoms in total. The molecule has 2 fully saturated rings. The number of hydrogen-bond acceptors (Lipinski definition) is 7. The van der Waals surface area contributed by atoms with Gasteiger partial charge < -0.3 is 19.9 Å². The summed E-state index contributed by atoms with van der Waals surface area (Å²) in [6.07, 6.45) is -0.498. The Bertz CT molecular complexity index is 1090. The van der Waals surface area contributed by atoms with Gasteiger partial charge >= 0.3 is 0 Å². The first-order valence-corrected chi connectivity index (χ1v) is 11.5. The fourth-order valence-corrected chi connectivity index (χ4v) is 4.48. The Morgan fingerprint density at radius 1 is 1.06 bits per heavy atom. The zero-order chi connectivity index (χ0) is 22.8. The van der Waals surface area contributed by atoms with Crippen molar-refractivity contribution < 1.29 is 13.5 Å². The molecule has 10 heteroatoms. The fraction of sp³-hybridized carbons (Fsp3) is 0.522. The van der Waals surface area contributed by atoms with Crippen LogP contribution >= 0.6 is 0 Å². The quantitative estimate of drug-likeness (QED) is 0.609. The summed E-state index contributed by atoms with van der Waals surface area (Å²) in [5.41, 5.74) is 1.06. The minimum absolute atomic E-state index is 0.203. The summed E-state index contributed by atoms with van der Waals surface area (Å²) in [6, 6.07) is 8.99. The van der Waals surface area contributed by atoms with Gasteiger partial charge in [-0.2, -0.15) is 9.97 Å². The second kappa shape index (κ2) is 9.56. The van der Waals surface area contributed by atoms with Gasteiger partial charge in [0.15, 0.2) is 5.82 Å². The molecule has 2 aromatic heterocycles. The maximum Gasteiger partial charge on any atom is 0.296 e. The van der Waals surface area contributed by atoms with Gasteiger partial charge in [0.25, 0.3) is 6.43 Å². The number of nitrogens with one attached hydrogen (secondary N) is 1. The smallest absolute Gasteiger partial charge is 0.296 e. The number of alkyl halides is 2. The molecule has 2 aliphatic rings. The Morgan fingerprint density at radius 2 is 1.82 bits per heavy atom. The van der Waals surface area contributed by atoms with Crippen molar-refractivity contribution in [2.24, 2.45) is 5.92 Å². The van der Waals surface area contributed by atoms with E-state index in [1.54, 1.807) is 24.3 Å². The van der Waals surface area contributed by atoms with E-state index >= 15 is 0 Å². The Labute approximate surface area is 191 Å². The summed E-state index contributed by atoms with van der Waals surface area (Å²) in [5, 5.41) is 3.46. The zero-order valence-electron chi connectivity index (χ0n) is 18.8. The molecule has 0 unspecified atom stereocenters. The van der Waals surface area contributed by atoms with Crippen LogP contribution < -0.4 is 10.2 Å². The second-order valence-electron chi connectivity index (χ2n) is 8.73. The SMILES string of the molecule is CN1CCC(CNc2cc(N3CCOCC3)nc(-n3c(C(F)F)nc4ccccc43)n2)CC1. The van der Waals surface area contributed by atoms with Crippen LogP contribution in [0, 0.1) is 5.92 Å². The predicted molar refractivity (Wildman–Crippen MR) is 123 cm³/mol. The lowest BCUT2D eigenvalue weighted by Gasteiger charge is -2.30. The number of fused-ring (bicyclic) bond motifs is 1. The topological polar surface area (TPSA) is 71.3 Å². The average Bonchev–Trinajstić information content (AvgIpc) is 3.24. The Kier molecular flexibility index (Phi) is 6.37. The van der Waals surface area contributed by atoms with Crippen molar-refractivity contribution in [1.29, 1.82) is 0 Å². The lowest BCUT2D eigenvalue weighted by molar-refractivity contribution is 0.122. The van der Waals surface area contributed by atoms with Crippen LogP contribution in [0.15, 0.2) is 30.3 Å². The minimum Gasteiger partial charge on any atom is -0.378 e. The molecule has 1 N–H and O–H groups in total. The summed E-state index contributed by atoms with van der Waals surface area (Å²) in [4.78, 5) is 18.0. The fourth-order valence-electron chi connectivity index (χ4n) is 4.48. The van der Waals surface area contributed by atoms with Crippen LogP contribution in [0.25, 0.3) is 17.0 Å². The average molecular weight is 458 g/mol. The third kappa shape index (κ3) is 4.77. The molecule has 4 heterocycles. The number of piperidine rings is 1. The zero-order valence-corrected chi connectivity index (χ0v) is 18.8. The van der Waals surface area contributed by atoms with E-state index in [0.29, 0.717) is 54.9 Å². The first kappa shape index (κ1) is 22.0. The molecular weight excluding hydrogens is 428 g/mol. The number of para-hydroxylation sites is 2. The molecule has 3 aromatic rings. The van der Waals surface area contributed by atoms with Gasteiger partial charge in [0.2, 0.25) is 5.95 Å². The predicted octanol–water partition coefficient (Wildman–Crippen LogP) is 3.34. The van der Waals surface area contributed by atoms with E-state index in [2.05, 4.69) is 32.1 Å². The molecule has 176 valence electrons. The number of morpholine rings is 1. The summed E-state index contributed by atoms with van der Waals surface area (Å²) in [5.74, 6) is 1.74. The Hall–Kier alpha value is -2.85. The van der Waals surface area contributed by atoms with Gasteiger partial charge in [0, 0.05) is 25.7 Å². The largest absolute Gasteiger partial charge is 0.378 e. The highest BCUT2D eigenvalue weighted by atomic mass is 19.3. The minimum atomic E-state index is -2.75. The molecule has 1 aromatic carbocycles. The number of rotatable bonds is 6. The summed E-state index contributed by atoms with van der Waals surface area (Å²) >= 11 is 0. The lowest BCUT2D eigenvalue weighted by Crippen LogP contribution is -2.37. The number of ether oxygens (including phenoxy) is 1. The number of benzene rings is 1. The molecule has 5 rings (SSSR count). The van der Waals surface area contributed by atoms with Crippen LogP contribution in [0.5, 0.6) is 0 Å². The van der Waals surface area contributed by atoms with Gasteiger partial charge in [0.05, 0.1) is 24.2 Å². The van der Waals surface area contributed by atoms with Crippen LogP contribution in [0.2, 0.25) is 0 Å². The maximum atomic E-state index is 13.9. The van der Waals surface area contributed by atoms with E-state index in [4.69, 9.17) is 9.72 Å². The Balaban J connectivity index is 1.52. The summed E-state index contributed by atoms with van der Waals surface area (Å²) < 4.78 is 34.7. The van der Waals surface area contributed by atoms with Gasteiger partial charge in [-0.3, -0.25) is 4.57 Å². The van der Waals surface area contributed by atoms with Crippen molar-refractivity contribution in [2.75, 3.05) is 63.2 Å². The number of halogens is 2. The molecule has 0 aliphatic carbocycles. The van der Waals surface area contributed by atoms with Crippen LogP contribution in [-0.2, 0) is 4.74 Å². The van der Waals surface area contributed by atoms with E-state index in [9.17, 15) is 8.78 Å². The van der Waals surface area contributed by atoms with Crippen LogP contribution in [-0.4, -0.2) is 77.4 Å². The third-order valence-electron chi connectivity index (χ3n) is 6.43. The molecule has 0 saturated carbocycles. The first-order valence-electron chi connectivity index (χ1n) is 11.5. The van der Waals surface area contributed by atoms with E-state index in [0.717, 1.165) is 32.5 Å². The van der Waals surface area contributed by atoms with E-state index in [1.165, 1.54) is 4.57 Å². The molecule has 33 heavy (non-hydrogen) atoms. The van der Waals surface area contributed by atoms with Crippen LogP contribution in [0.3, 0.4) is 0 Å². The molecule has 0 bridgehead atoms. The molecule has 0 spiro atoms. The van der Waals surface area contributed by atoms with Crippen molar-refractivity contribution in [3.63, 3.8) is 0 Å². The number of anilines is 2. The molecule has 2 saturated heterocycles. The van der Waals surface area contributed by atoms with Gasteiger partial charge in [-0.15, -0.1) is 0 Å². The molecule has 0 atom stereocenters. The number of likely N-dealkylation sites (tertiary alicyclic amines) is 1. The first-order chi connectivity index (χ1) is 16.1. The summed E-state index contributed by atoms with van der Waals surface area (Å²) in [7, 11) is 2.14. The lowest BCUT2D eigenvalue weighted by atomic mass is 9.97. The normalized spacial score (nSPS) is 18.4. The van der Waals surface area contributed by atoms with Crippen LogP contribution in [0.4, 0.5) is 20.4 Å². The van der Waals surface area contributed by atoms with Crippen molar-refractivity contribution in [2.45, 2.75) is 19.3 Å². The monoisotopic (exact) mass is 457 g/mol. The van der Waals surface area contributed by atoms with E-state index in [-0.39, 0.29) is 11.8 Å². The second-order valence-corrected chi connectivity index (χ2v) is 8.73. The number of hydrogen-bond donors (Lipinski definition) is 1. The maximum absolute atomic E-state index is 13.9. The van der Waals surface area contributed by atoms with Crippen molar-refractivity contribution in [3.8, 4) is 5.95 Å². The van der Waals surface area contributed by atoms with Crippen molar-refractivity contribution >= 4 is 22.7 Å². The molecular formula is C23H29F2N7O. The van der Waals surface area contributed by atoms with Crippen molar-refractivity contribution in [1.82, 2.24) is 24.4 Å². The van der Waals surface area contributed by atoms with E-state index in [1.807, 2.05) is 6.07 Å². The van der Waals surface area contributed by atoms with Gasteiger partial charge in [0.1, 0.15) is 11.6 Å². The van der Waals surface area contributed by atoms with Gasteiger partial charge in [-0.05, 0) is 51.0 Å². The summed E-state index contributed by atoms with van der Waals surface area (Å²) in [6.45, 7) is 5.55. The van der Waals surface area contributed by atoms with E-state index < -0.39 is 6.43 Å². The molecule has 2 aliphatic heterocycles. The highest BCUT2D eigenvalue weighted by molar-refractivity contribution is 5.77. The van der Waals surface area contributed by atoms with Gasteiger partial charge in [-0.25, -0.2) is 13.8 Å². The van der Waals surface area contributed by atoms with Crippen LogP contribution in [0.1, 0.15) is 25.1 Å². The number of imidazole rings is 1. The highest BCUT2D eigenvalue weighted by Crippen LogP contribution is 2.29. The van der Waals surface area contributed by atoms with Crippen molar-refractivity contribution in [3.05, 3.63) is 36.2 Å². The number of nitrogens with zero attached hydrogens (tertiary/aromatic N) is 6. The highest BCUT2D eigenvalue weighted by Gasteiger charge is 2.24.